The molecule has 0 aliphatic carbocycles. The number of carbonyl (C=O) groups is 2. The minimum Gasteiger partial charge on any atom is -0.491 e. The molecule has 0 saturated carbocycles. The Morgan fingerprint density at radius 3 is 2.65 bits per heavy atom. The smallest absolute Gasteiger partial charge is 0.255 e. The van der Waals surface area contributed by atoms with E-state index in [4.69, 9.17) is 4.74 Å². The summed E-state index contributed by atoms with van der Waals surface area (Å²) in [5, 5.41) is 4.80. The molecule has 0 bridgehead atoms. The third-order valence-electron chi connectivity index (χ3n) is 3.30. The standard InChI is InChI=1S/C16H12F2N2O3/c17-10-2-1-3-11(18)15(10)20-16(22)9-4-5-13-12(8-9)19-14(21)6-7-23-13/h1-5,8H,6-7H2,(H,19,21)(H,20,22). The Kier molecular flexibility index (Phi) is 3.92. The molecule has 3 rings (SSSR count). The van der Waals surface area contributed by atoms with E-state index >= 15 is 0 Å². The molecule has 2 amide bonds. The van der Waals surface area contributed by atoms with Crippen molar-refractivity contribution in [1.29, 1.82) is 0 Å². The molecule has 2 N–H and O–H groups in total. The van der Waals surface area contributed by atoms with Gasteiger partial charge in [-0.05, 0) is 30.3 Å². The maximum atomic E-state index is 13.6. The van der Waals surface area contributed by atoms with Gasteiger partial charge in [-0.1, -0.05) is 6.07 Å². The van der Waals surface area contributed by atoms with Gasteiger partial charge in [0.25, 0.3) is 5.91 Å². The van der Waals surface area contributed by atoms with E-state index in [-0.39, 0.29) is 24.5 Å². The van der Waals surface area contributed by atoms with E-state index in [1.807, 2.05) is 0 Å². The lowest BCUT2D eigenvalue weighted by Crippen LogP contribution is -2.15. The first-order chi connectivity index (χ1) is 11.0. The van der Waals surface area contributed by atoms with Crippen LogP contribution in [0, 0.1) is 11.6 Å². The number of anilines is 2. The van der Waals surface area contributed by atoms with Crippen molar-refractivity contribution < 1.29 is 23.1 Å². The Balaban J connectivity index is 1.87. The second-order valence-electron chi connectivity index (χ2n) is 4.91. The average Bonchev–Trinajstić information content (AvgIpc) is 2.70. The maximum Gasteiger partial charge on any atom is 0.255 e. The Bertz CT molecular complexity index is 773. The zero-order valence-electron chi connectivity index (χ0n) is 11.9. The Labute approximate surface area is 130 Å². The minimum atomic E-state index is -0.871. The molecule has 0 unspecified atom stereocenters. The van der Waals surface area contributed by atoms with Gasteiger partial charge in [0.2, 0.25) is 5.91 Å². The quantitative estimate of drug-likeness (QED) is 0.894. The fourth-order valence-corrected chi connectivity index (χ4v) is 2.16. The van der Waals surface area contributed by atoms with Crippen LogP contribution >= 0.6 is 0 Å². The number of fused-ring (bicyclic) bond motifs is 1. The van der Waals surface area contributed by atoms with Crippen LogP contribution in [0.4, 0.5) is 20.2 Å². The third kappa shape index (κ3) is 3.13. The lowest BCUT2D eigenvalue weighted by atomic mass is 10.1. The number of halogens is 2. The predicted octanol–water partition coefficient (Wildman–Crippen LogP) is 2.94. The van der Waals surface area contributed by atoms with Gasteiger partial charge in [0.05, 0.1) is 18.7 Å². The van der Waals surface area contributed by atoms with Crippen LogP contribution in [-0.2, 0) is 4.79 Å². The molecule has 118 valence electrons. The number of nitrogens with one attached hydrogen (secondary N) is 2. The van der Waals surface area contributed by atoms with Gasteiger partial charge in [-0.2, -0.15) is 0 Å². The summed E-state index contributed by atoms with van der Waals surface area (Å²) in [5.74, 6) is -2.24. The summed E-state index contributed by atoms with van der Waals surface area (Å²) in [6.45, 7) is 0.241. The molecule has 0 aromatic heterocycles. The van der Waals surface area contributed by atoms with Gasteiger partial charge in [-0.25, -0.2) is 8.78 Å². The summed E-state index contributed by atoms with van der Waals surface area (Å²) in [5.41, 5.74) is -0.0425. The first-order valence-corrected chi connectivity index (χ1v) is 6.86. The second-order valence-corrected chi connectivity index (χ2v) is 4.91. The van der Waals surface area contributed by atoms with Crippen molar-refractivity contribution in [1.82, 2.24) is 0 Å². The van der Waals surface area contributed by atoms with E-state index in [0.717, 1.165) is 12.1 Å². The molecule has 1 aliphatic heterocycles. The number of ether oxygens (including phenoxy) is 1. The molecule has 0 atom stereocenters. The second kappa shape index (κ2) is 6.04. The van der Waals surface area contributed by atoms with Crippen LogP contribution in [0.2, 0.25) is 0 Å². The van der Waals surface area contributed by atoms with E-state index in [1.165, 1.54) is 24.3 Å². The normalized spacial score (nSPS) is 13.4. The van der Waals surface area contributed by atoms with Crippen molar-refractivity contribution in [2.45, 2.75) is 6.42 Å². The Morgan fingerprint density at radius 2 is 1.91 bits per heavy atom. The van der Waals surface area contributed by atoms with E-state index in [9.17, 15) is 18.4 Å². The van der Waals surface area contributed by atoms with Crippen molar-refractivity contribution >= 4 is 23.2 Å². The van der Waals surface area contributed by atoms with Gasteiger partial charge in [0.15, 0.2) is 0 Å². The number of amides is 2. The van der Waals surface area contributed by atoms with Crippen LogP contribution in [0.1, 0.15) is 16.8 Å². The van der Waals surface area contributed by atoms with E-state index in [0.29, 0.717) is 11.4 Å². The number of hydrogen-bond donors (Lipinski definition) is 2. The van der Waals surface area contributed by atoms with Crippen LogP contribution in [-0.4, -0.2) is 18.4 Å². The van der Waals surface area contributed by atoms with E-state index in [1.54, 1.807) is 0 Å². The highest BCUT2D eigenvalue weighted by Crippen LogP contribution is 2.28. The van der Waals surface area contributed by atoms with Crippen LogP contribution < -0.4 is 15.4 Å². The summed E-state index contributed by atoms with van der Waals surface area (Å²) in [6.07, 6.45) is 0.205. The van der Waals surface area contributed by atoms with E-state index < -0.39 is 23.2 Å². The van der Waals surface area contributed by atoms with Gasteiger partial charge >= 0.3 is 0 Å². The average molecular weight is 318 g/mol. The highest BCUT2D eigenvalue weighted by atomic mass is 19.1. The van der Waals surface area contributed by atoms with Crippen LogP contribution in [0.25, 0.3) is 0 Å². The molecule has 0 spiro atoms. The molecule has 0 saturated heterocycles. The van der Waals surface area contributed by atoms with Gasteiger partial charge in [-0.3, -0.25) is 9.59 Å². The fourth-order valence-electron chi connectivity index (χ4n) is 2.16. The fraction of sp³-hybridized carbons (Fsp3) is 0.125. The third-order valence-corrected chi connectivity index (χ3v) is 3.30. The van der Waals surface area contributed by atoms with Crippen molar-refractivity contribution in [3.8, 4) is 5.75 Å². The molecule has 23 heavy (non-hydrogen) atoms. The number of rotatable bonds is 2. The highest BCUT2D eigenvalue weighted by molar-refractivity contribution is 6.06. The van der Waals surface area contributed by atoms with Crippen molar-refractivity contribution in [2.24, 2.45) is 0 Å². The summed E-state index contributed by atoms with van der Waals surface area (Å²) < 4.78 is 32.5. The number of para-hydroxylation sites is 1. The number of benzene rings is 2. The molecule has 2 aromatic carbocycles. The topological polar surface area (TPSA) is 67.4 Å². The van der Waals surface area contributed by atoms with Gasteiger partial charge < -0.3 is 15.4 Å². The molecule has 2 aromatic rings. The molecular weight excluding hydrogens is 306 g/mol. The highest BCUT2D eigenvalue weighted by Gasteiger charge is 2.18. The predicted molar refractivity (Wildman–Crippen MR) is 79.5 cm³/mol. The SMILES string of the molecule is O=C1CCOc2ccc(C(=O)Nc3c(F)cccc3F)cc2N1. The van der Waals surface area contributed by atoms with Crippen molar-refractivity contribution in [3.05, 3.63) is 53.6 Å². The zero-order valence-corrected chi connectivity index (χ0v) is 11.9. The molecular formula is C16H12F2N2O3. The van der Waals surface area contributed by atoms with Gasteiger partial charge in [-0.15, -0.1) is 0 Å². The summed E-state index contributed by atoms with van der Waals surface area (Å²) in [4.78, 5) is 23.7. The first kappa shape index (κ1) is 15.0. The monoisotopic (exact) mass is 318 g/mol. The molecule has 1 aliphatic rings. The summed E-state index contributed by atoms with van der Waals surface area (Å²) in [7, 11) is 0. The zero-order chi connectivity index (χ0) is 16.4. The lowest BCUT2D eigenvalue weighted by Gasteiger charge is -2.11. The van der Waals surface area contributed by atoms with Crippen molar-refractivity contribution in [2.75, 3.05) is 17.2 Å². The van der Waals surface area contributed by atoms with Crippen molar-refractivity contribution in [3.63, 3.8) is 0 Å². The molecule has 0 fully saturated rings. The number of hydrogen-bond acceptors (Lipinski definition) is 3. The largest absolute Gasteiger partial charge is 0.491 e. The van der Waals surface area contributed by atoms with Crippen LogP contribution in [0.3, 0.4) is 0 Å². The molecule has 5 nitrogen and oxygen atoms in total. The van der Waals surface area contributed by atoms with Crippen LogP contribution in [0.15, 0.2) is 36.4 Å². The summed E-state index contributed by atoms with van der Waals surface area (Å²) >= 11 is 0. The lowest BCUT2D eigenvalue weighted by molar-refractivity contribution is -0.116. The summed E-state index contributed by atoms with van der Waals surface area (Å²) in [6, 6.07) is 7.66. The molecule has 1 heterocycles. The number of carbonyl (C=O) groups excluding carboxylic acids is 2. The van der Waals surface area contributed by atoms with Crippen LogP contribution in [0.5, 0.6) is 5.75 Å². The first-order valence-electron chi connectivity index (χ1n) is 6.86. The van der Waals surface area contributed by atoms with Gasteiger partial charge in [0.1, 0.15) is 23.1 Å². The molecule has 0 radical (unpaired) electrons. The Morgan fingerprint density at radius 1 is 1.17 bits per heavy atom. The Hall–Kier alpha value is -2.96. The maximum absolute atomic E-state index is 13.6. The minimum absolute atomic E-state index is 0.136. The van der Waals surface area contributed by atoms with Gasteiger partial charge in [0, 0.05) is 5.56 Å². The molecule has 7 heteroatoms. The van der Waals surface area contributed by atoms with E-state index in [2.05, 4.69) is 10.6 Å².